The Morgan fingerprint density at radius 3 is 2.69 bits per heavy atom. The molecule has 0 radical (unpaired) electrons. The Kier molecular flexibility index (Phi) is 5.05. The molecule has 7 nitrogen and oxygen atoms in total. The van der Waals surface area contributed by atoms with E-state index in [4.69, 9.17) is 9.26 Å². The van der Waals surface area contributed by atoms with Crippen LogP contribution >= 0.6 is 0 Å². The Hall–Kier alpha value is -3.22. The highest BCUT2D eigenvalue weighted by Gasteiger charge is 2.30. The van der Waals surface area contributed by atoms with Gasteiger partial charge in [0.1, 0.15) is 0 Å². The molecule has 0 unspecified atom stereocenters. The zero-order chi connectivity index (χ0) is 20.5. The number of nitrogens with zero attached hydrogens (tertiary/aromatic N) is 3. The smallest absolute Gasteiger partial charge is 0.339 e. The molecule has 29 heavy (non-hydrogen) atoms. The first-order chi connectivity index (χ1) is 13.9. The van der Waals surface area contributed by atoms with Gasteiger partial charge in [-0.1, -0.05) is 35.5 Å². The molecule has 1 atom stereocenters. The Morgan fingerprint density at radius 1 is 1.28 bits per heavy atom. The SMILES string of the molecule is Cc1noc2nc(C3CC3)cc(C(=O)O[C@@H](C)C(=O)N(C)Cc3ccccc3)c12. The zero-order valence-electron chi connectivity index (χ0n) is 16.7. The number of aryl methyl sites for hydroxylation is 1. The van der Waals surface area contributed by atoms with Crippen molar-refractivity contribution in [2.45, 2.75) is 45.3 Å². The zero-order valence-corrected chi connectivity index (χ0v) is 16.7. The summed E-state index contributed by atoms with van der Waals surface area (Å²) in [5.41, 5.74) is 3.06. The molecular weight excluding hydrogens is 370 g/mol. The van der Waals surface area contributed by atoms with Gasteiger partial charge in [0, 0.05) is 25.2 Å². The lowest BCUT2D eigenvalue weighted by Gasteiger charge is -2.21. The summed E-state index contributed by atoms with van der Waals surface area (Å²) in [4.78, 5) is 31.6. The molecule has 0 bridgehead atoms. The Morgan fingerprint density at radius 2 is 2.00 bits per heavy atom. The number of likely N-dealkylation sites (N-methyl/N-ethyl adjacent to an activating group) is 1. The van der Waals surface area contributed by atoms with Gasteiger partial charge in [-0.25, -0.2) is 9.78 Å². The molecule has 1 saturated carbocycles. The van der Waals surface area contributed by atoms with Crippen LogP contribution in [-0.2, 0) is 16.1 Å². The van der Waals surface area contributed by atoms with E-state index in [0.717, 1.165) is 24.1 Å². The van der Waals surface area contributed by atoms with Gasteiger partial charge in [-0.05, 0) is 38.3 Å². The monoisotopic (exact) mass is 393 g/mol. The van der Waals surface area contributed by atoms with Crippen LogP contribution in [0.3, 0.4) is 0 Å². The third-order valence-corrected chi connectivity index (χ3v) is 5.12. The predicted molar refractivity (Wildman–Crippen MR) is 106 cm³/mol. The van der Waals surface area contributed by atoms with E-state index in [1.54, 1.807) is 31.9 Å². The van der Waals surface area contributed by atoms with Crippen LogP contribution in [0.2, 0.25) is 0 Å². The average molecular weight is 393 g/mol. The first kappa shape index (κ1) is 19.1. The van der Waals surface area contributed by atoms with Crippen molar-refractivity contribution >= 4 is 23.0 Å². The molecule has 7 heteroatoms. The molecule has 1 aliphatic carbocycles. The van der Waals surface area contributed by atoms with Gasteiger partial charge in [-0.15, -0.1) is 0 Å². The van der Waals surface area contributed by atoms with Gasteiger partial charge in [0.2, 0.25) is 0 Å². The molecule has 0 saturated heterocycles. The number of pyridine rings is 1. The van der Waals surface area contributed by atoms with E-state index in [9.17, 15) is 9.59 Å². The number of benzene rings is 1. The maximum absolute atomic E-state index is 12.9. The van der Waals surface area contributed by atoms with Crippen LogP contribution in [0.1, 0.15) is 53.0 Å². The second-order valence-corrected chi connectivity index (χ2v) is 7.54. The van der Waals surface area contributed by atoms with Gasteiger partial charge in [0.05, 0.1) is 16.6 Å². The minimum Gasteiger partial charge on any atom is -0.449 e. The standard InChI is InChI=1S/C22H23N3O4/c1-13-19-17(11-18(16-9-10-16)23-20(19)29-24-13)22(27)28-14(2)21(26)25(3)12-15-7-5-4-6-8-15/h4-8,11,14,16H,9-10,12H2,1-3H3/t14-/m0/s1. The molecule has 2 aromatic heterocycles. The maximum Gasteiger partial charge on any atom is 0.339 e. The topological polar surface area (TPSA) is 85.5 Å². The normalized spacial score (nSPS) is 14.6. The average Bonchev–Trinajstić information content (AvgIpc) is 3.50. The second kappa shape index (κ2) is 7.66. The minimum atomic E-state index is -0.913. The van der Waals surface area contributed by atoms with E-state index in [1.165, 1.54) is 0 Å². The highest BCUT2D eigenvalue weighted by atomic mass is 16.5. The minimum absolute atomic E-state index is 0.267. The lowest BCUT2D eigenvalue weighted by Crippen LogP contribution is -2.37. The Bertz CT molecular complexity index is 1060. The summed E-state index contributed by atoms with van der Waals surface area (Å²) in [6.07, 6.45) is 1.17. The predicted octanol–water partition coefficient (Wildman–Crippen LogP) is 3.61. The fourth-order valence-electron chi connectivity index (χ4n) is 3.38. The molecule has 4 rings (SSSR count). The van der Waals surface area contributed by atoms with Gasteiger partial charge < -0.3 is 14.2 Å². The van der Waals surface area contributed by atoms with Crippen LogP contribution in [0, 0.1) is 6.92 Å². The molecule has 150 valence electrons. The quantitative estimate of drug-likeness (QED) is 0.595. The summed E-state index contributed by atoms with van der Waals surface area (Å²) < 4.78 is 10.8. The first-order valence-electron chi connectivity index (χ1n) is 9.71. The van der Waals surface area contributed by atoms with Crippen molar-refractivity contribution in [1.29, 1.82) is 0 Å². The van der Waals surface area contributed by atoms with Gasteiger partial charge >= 0.3 is 5.97 Å². The van der Waals surface area contributed by atoms with E-state index in [2.05, 4.69) is 10.1 Å². The van der Waals surface area contributed by atoms with Crippen molar-refractivity contribution < 1.29 is 18.8 Å². The highest BCUT2D eigenvalue weighted by Crippen LogP contribution is 2.40. The fraction of sp³-hybridized carbons (Fsp3) is 0.364. The van der Waals surface area contributed by atoms with Crippen LogP contribution in [0.15, 0.2) is 40.9 Å². The molecule has 1 amide bonds. The number of carbonyl (C=O) groups is 2. The summed E-state index contributed by atoms with van der Waals surface area (Å²) in [5.74, 6) is -0.496. The van der Waals surface area contributed by atoms with Crippen molar-refractivity contribution in [2.24, 2.45) is 0 Å². The molecule has 0 N–H and O–H groups in total. The van der Waals surface area contributed by atoms with Gasteiger partial charge in [-0.3, -0.25) is 4.79 Å². The number of hydrogen-bond acceptors (Lipinski definition) is 6. The van der Waals surface area contributed by atoms with Crippen LogP contribution in [0.4, 0.5) is 0 Å². The van der Waals surface area contributed by atoms with Crippen molar-refractivity contribution in [3.05, 3.63) is 58.9 Å². The fourth-order valence-corrected chi connectivity index (χ4v) is 3.38. The van der Waals surface area contributed by atoms with E-state index in [1.807, 2.05) is 30.3 Å². The Balaban J connectivity index is 1.51. The van der Waals surface area contributed by atoms with Crippen LogP contribution in [0.5, 0.6) is 0 Å². The van der Waals surface area contributed by atoms with Crippen molar-refractivity contribution in [1.82, 2.24) is 15.0 Å². The van der Waals surface area contributed by atoms with E-state index in [-0.39, 0.29) is 5.91 Å². The summed E-state index contributed by atoms with van der Waals surface area (Å²) in [6.45, 7) is 3.78. The lowest BCUT2D eigenvalue weighted by atomic mass is 10.1. The number of amides is 1. The van der Waals surface area contributed by atoms with Crippen molar-refractivity contribution in [3.8, 4) is 0 Å². The van der Waals surface area contributed by atoms with E-state index >= 15 is 0 Å². The lowest BCUT2D eigenvalue weighted by molar-refractivity contribution is -0.139. The van der Waals surface area contributed by atoms with Crippen LogP contribution < -0.4 is 0 Å². The summed E-state index contributed by atoms with van der Waals surface area (Å²) in [6, 6.07) is 11.4. The molecule has 1 aliphatic rings. The third kappa shape index (κ3) is 3.99. The highest BCUT2D eigenvalue weighted by molar-refractivity contribution is 6.04. The number of fused-ring (bicyclic) bond motifs is 1. The van der Waals surface area contributed by atoms with Crippen LogP contribution in [0.25, 0.3) is 11.1 Å². The number of aromatic nitrogens is 2. The van der Waals surface area contributed by atoms with Crippen LogP contribution in [-0.4, -0.2) is 40.1 Å². The number of hydrogen-bond donors (Lipinski definition) is 0. The molecule has 3 aromatic rings. The Labute approximate surface area is 168 Å². The first-order valence-corrected chi connectivity index (χ1v) is 9.71. The molecular formula is C22H23N3O4. The summed E-state index contributed by atoms with van der Waals surface area (Å²) >= 11 is 0. The number of rotatable bonds is 6. The summed E-state index contributed by atoms with van der Waals surface area (Å²) in [5, 5.41) is 4.47. The van der Waals surface area contributed by atoms with E-state index in [0.29, 0.717) is 34.8 Å². The van der Waals surface area contributed by atoms with Gasteiger partial charge in [-0.2, -0.15) is 0 Å². The third-order valence-electron chi connectivity index (χ3n) is 5.12. The maximum atomic E-state index is 12.9. The van der Waals surface area contributed by atoms with Crippen molar-refractivity contribution in [3.63, 3.8) is 0 Å². The largest absolute Gasteiger partial charge is 0.449 e. The molecule has 2 heterocycles. The van der Waals surface area contributed by atoms with Gasteiger partial charge in [0.25, 0.3) is 11.6 Å². The number of esters is 1. The molecule has 0 spiro atoms. The molecule has 0 aliphatic heterocycles. The molecule has 1 fully saturated rings. The summed E-state index contributed by atoms with van der Waals surface area (Å²) in [7, 11) is 1.69. The number of carbonyl (C=O) groups excluding carboxylic acids is 2. The number of ether oxygens (including phenoxy) is 1. The van der Waals surface area contributed by atoms with Gasteiger partial charge in [0.15, 0.2) is 6.10 Å². The van der Waals surface area contributed by atoms with Crippen molar-refractivity contribution in [2.75, 3.05) is 7.05 Å². The van der Waals surface area contributed by atoms with E-state index < -0.39 is 12.1 Å². The molecule has 1 aromatic carbocycles. The second-order valence-electron chi connectivity index (χ2n) is 7.54.